The monoisotopic (exact) mass is 306 g/mol. The summed E-state index contributed by atoms with van der Waals surface area (Å²) in [4.78, 5) is 11.9. The van der Waals surface area contributed by atoms with Crippen molar-refractivity contribution in [2.45, 2.75) is 12.8 Å². The first-order valence-electron chi connectivity index (χ1n) is 5.58. The van der Waals surface area contributed by atoms with Crippen LogP contribution in [0.4, 0.5) is 5.69 Å². The highest BCUT2D eigenvalue weighted by Gasteiger charge is 2.13. The Labute approximate surface area is 121 Å². The fourth-order valence-corrected chi connectivity index (χ4v) is 2.36. The Balaban J connectivity index is 2.56. The SMILES string of the molecule is CSCCCCNC(=O)c1cc(N)cc(Cl)c1Cl. The second-order valence-corrected chi connectivity index (χ2v) is 5.59. The molecule has 0 fully saturated rings. The fourth-order valence-electron chi connectivity index (χ4n) is 1.44. The Morgan fingerprint density at radius 3 is 2.78 bits per heavy atom. The molecule has 0 spiro atoms. The third-order valence-corrected chi connectivity index (χ3v) is 3.85. The van der Waals surface area contributed by atoms with E-state index in [0.29, 0.717) is 22.8 Å². The molecule has 1 rings (SSSR count). The maximum Gasteiger partial charge on any atom is 0.252 e. The first-order chi connectivity index (χ1) is 8.56. The molecule has 0 aliphatic carbocycles. The zero-order valence-electron chi connectivity index (χ0n) is 10.1. The zero-order chi connectivity index (χ0) is 13.5. The van der Waals surface area contributed by atoms with Crippen LogP contribution in [0.1, 0.15) is 23.2 Å². The largest absolute Gasteiger partial charge is 0.399 e. The predicted molar refractivity (Wildman–Crippen MR) is 80.8 cm³/mol. The minimum atomic E-state index is -0.238. The molecule has 0 unspecified atom stereocenters. The molecule has 100 valence electrons. The lowest BCUT2D eigenvalue weighted by Gasteiger charge is -2.08. The summed E-state index contributed by atoms with van der Waals surface area (Å²) < 4.78 is 0. The lowest BCUT2D eigenvalue weighted by Crippen LogP contribution is -2.25. The van der Waals surface area contributed by atoms with E-state index in [1.54, 1.807) is 11.8 Å². The van der Waals surface area contributed by atoms with E-state index in [1.807, 2.05) is 0 Å². The molecule has 1 aromatic rings. The number of carbonyl (C=O) groups excluding carboxylic acids is 1. The van der Waals surface area contributed by atoms with Crippen LogP contribution in [0.2, 0.25) is 10.0 Å². The Kier molecular flexibility index (Phi) is 6.68. The highest BCUT2D eigenvalue weighted by atomic mass is 35.5. The van der Waals surface area contributed by atoms with Gasteiger partial charge in [0.15, 0.2) is 0 Å². The van der Waals surface area contributed by atoms with Crippen molar-refractivity contribution in [1.82, 2.24) is 5.32 Å². The number of thioether (sulfide) groups is 1. The van der Waals surface area contributed by atoms with Gasteiger partial charge in [-0.3, -0.25) is 4.79 Å². The Hall–Kier alpha value is -0.580. The van der Waals surface area contributed by atoms with Gasteiger partial charge >= 0.3 is 0 Å². The summed E-state index contributed by atoms with van der Waals surface area (Å²) in [7, 11) is 0. The van der Waals surface area contributed by atoms with Gasteiger partial charge in [-0.1, -0.05) is 23.2 Å². The molecule has 0 saturated carbocycles. The predicted octanol–water partition coefficient (Wildman–Crippen LogP) is 3.45. The van der Waals surface area contributed by atoms with Gasteiger partial charge in [0.25, 0.3) is 5.91 Å². The van der Waals surface area contributed by atoms with Crippen molar-refractivity contribution in [2.24, 2.45) is 0 Å². The van der Waals surface area contributed by atoms with Gasteiger partial charge in [0.2, 0.25) is 0 Å². The summed E-state index contributed by atoms with van der Waals surface area (Å²) in [6, 6.07) is 3.06. The number of rotatable bonds is 6. The molecule has 18 heavy (non-hydrogen) atoms. The van der Waals surface area contributed by atoms with E-state index in [4.69, 9.17) is 28.9 Å². The van der Waals surface area contributed by atoms with Crippen LogP contribution in [-0.4, -0.2) is 24.5 Å². The van der Waals surface area contributed by atoms with Crippen molar-refractivity contribution in [2.75, 3.05) is 24.3 Å². The lowest BCUT2D eigenvalue weighted by molar-refractivity contribution is 0.0953. The van der Waals surface area contributed by atoms with Crippen molar-refractivity contribution < 1.29 is 4.79 Å². The van der Waals surface area contributed by atoms with E-state index in [1.165, 1.54) is 12.1 Å². The number of hydrogen-bond acceptors (Lipinski definition) is 3. The first-order valence-corrected chi connectivity index (χ1v) is 7.73. The van der Waals surface area contributed by atoms with Gasteiger partial charge in [-0.05, 0) is 37.0 Å². The Morgan fingerprint density at radius 2 is 2.11 bits per heavy atom. The standard InChI is InChI=1S/C12H16Cl2N2OS/c1-18-5-3-2-4-16-12(17)9-6-8(15)7-10(13)11(9)14/h6-7H,2-5,15H2,1H3,(H,16,17). The van der Waals surface area contributed by atoms with Gasteiger partial charge in [-0.15, -0.1) is 0 Å². The van der Waals surface area contributed by atoms with Crippen LogP contribution in [-0.2, 0) is 0 Å². The van der Waals surface area contributed by atoms with Crippen molar-refractivity contribution in [3.05, 3.63) is 27.7 Å². The third kappa shape index (κ3) is 4.59. The molecular formula is C12H16Cl2N2OS. The van der Waals surface area contributed by atoms with E-state index < -0.39 is 0 Å². The molecule has 1 amide bonds. The first kappa shape index (κ1) is 15.5. The van der Waals surface area contributed by atoms with Gasteiger partial charge < -0.3 is 11.1 Å². The van der Waals surface area contributed by atoms with Gasteiger partial charge in [0.05, 0.1) is 15.6 Å². The van der Waals surface area contributed by atoms with Crippen LogP contribution >= 0.6 is 35.0 Å². The topological polar surface area (TPSA) is 55.1 Å². The number of nitrogen functional groups attached to an aromatic ring is 1. The fraction of sp³-hybridized carbons (Fsp3) is 0.417. The molecular weight excluding hydrogens is 291 g/mol. The minimum absolute atomic E-state index is 0.238. The summed E-state index contributed by atoms with van der Waals surface area (Å²) in [6.07, 6.45) is 4.08. The smallest absolute Gasteiger partial charge is 0.252 e. The highest BCUT2D eigenvalue weighted by molar-refractivity contribution is 7.98. The summed E-state index contributed by atoms with van der Waals surface area (Å²) in [5.41, 5.74) is 6.39. The van der Waals surface area contributed by atoms with Gasteiger partial charge in [-0.2, -0.15) is 11.8 Å². The number of nitrogens with one attached hydrogen (secondary N) is 1. The molecule has 0 radical (unpaired) electrons. The zero-order valence-corrected chi connectivity index (χ0v) is 12.5. The quantitative estimate of drug-likeness (QED) is 0.625. The molecule has 0 atom stereocenters. The number of hydrogen-bond donors (Lipinski definition) is 2. The van der Waals surface area contributed by atoms with E-state index in [-0.39, 0.29) is 10.9 Å². The molecule has 1 aromatic carbocycles. The molecule has 0 bridgehead atoms. The second kappa shape index (κ2) is 7.77. The number of carbonyl (C=O) groups is 1. The van der Waals surface area contributed by atoms with Gasteiger partial charge in [-0.25, -0.2) is 0 Å². The van der Waals surface area contributed by atoms with E-state index >= 15 is 0 Å². The highest BCUT2D eigenvalue weighted by Crippen LogP contribution is 2.28. The van der Waals surface area contributed by atoms with Gasteiger partial charge in [0, 0.05) is 12.2 Å². The van der Waals surface area contributed by atoms with Gasteiger partial charge in [0.1, 0.15) is 0 Å². The van der Waals surface area contributed by atoms with Crippen LogP contribution in [0.5, 0.6) is 0 Å². The summed E-state index contributed by atoms with van der Waals surface area (Å²) in [6.45, 7) is 0.627. The Bertz CT molecular complexity index is 427. The number of amides is 1. The number of halogens is 2. The molecule has 3 nitrogen and oxygen atoms in total. The molecule has 6 heteroatoms. The molecule has 3 N–H and O–H groups in total. The second-order valence-electron chi connectivity index (χ2n) is 3.82. The molecule has 0 saturated heterocycles. The van der Waals surface area contributed by atoms with Crippen LogP contribution < -0.4 is 11.1 Å². The van der Waals surface area contributed by atoms with E-state index in [9.17, 15) is 4.79 Å². The summed E-state index contributed by atoms with van der Waals surface area (Å²) in [5.74, 6) is 0.860. The Morgan fingerprint density at radius 1 is 1.39 bits per heavy atom. The van der Waals surface area contributed by atoms with Crippen molar-refractivity contribution in [1.29, 1.82) is 0 Å². The average Bonchev–Trinajstić information content (AvgIpc) is 2.33. The summed E-state index contributed by atoms with van der Waals surface area (Å²) >= 11 is 13.6. The van der Waals surface area contributed by atoms with E-state index in [0.717, 1.165) is 18.6 Å². The van der Waals surface area contributed by atoms with Crippen LogP contribution in [0.3, 0.4) is 0 Å². The van der Waals surface area contributed by atoms with E-state index in [2.05, 4.69) is 11.6 Å². The lowest BCUT2D eigenvalue weighted by atomic mass is 10.2. The maximum atomic E-state index is 11.9. The van der Waals surface area contributed by atoms with Crippen LogP contribution in [0, 0.1) is 0 Å². The molecule has 0 aromatic heterocycles. The van der Waals surface area contributed by atoms with Crippen molar-refractivity contribution >= 4 is 46.6 Å². The number of unbranched alkanes of at least 4 members (excludes halogenated alkanes) is 1. The average molecular weight is 307 g/mol. The van der Waals surface area contributed by atoms with Crippen molar-refractivity contribution in [3.63, 3.8) is 0 Å². The molecule has 0 aliphatic rings. The number of nitrogens with two attached hydrogens (primary N) is 1. The number of anilines is 1. The van der Waals surface area contributed by atoms with Crippen LogP contribution in [0.25, 0.3) is 0 Å². The normalized spacial score (nSPS) is 10.4. The maximum absolute atomic E-state index is 11.9. The molecule has 0 aliphatic heterocycles. The minimum Gasteiger partial charge on any atom is -0.399 e. The third-order valence-electron chi connectivity index (χ3n) is 2.36. The summed E-state index contributed by atoms with van der Waals surface area (Å²) in [5, 5.41) is 3.34. The van der Waals surface area contributed by atoms with Crippen LogP contribution in [0.15, 0.2) is 12.1 Å². The number of benzene rings is 1. The van der Waals surface area contributed by atoms with Crippen molar-refractivity contribution in [3.8, 4) is 0 Å². The molecule has 0 heterocycles.